The van der Waals surface area contributed by atoms with Gasteiger partial charge in [-0.15, -0.1) is 0 Å². The molecule has 0 bridgehead atoms. The second-order valence-electron chi connectivity index (χ2n) is 10.00. The lowest BCUT2D eigenvalue weighted by molar-refractivity contribution is -0.0790. The molecule has 2 heterocycles. The van der Waals surface area contributed by atoms with E-state index in [0.717, 1.165) is 23.7 Å². The Kier molecular flexibility index (Phi) is 4.04. The van der Waals surface area contributed by atoms with E-state index in [2.05, 4.69) is 48.6 Å². The first-order valence-electron chi connectivity index (χ1n) is 10.9. The third-order valence-electron chi connectivity index (χ3n) is 9.13. The van der Waals surface area contributed by atoms with Crippen molar-refractivity contribution in [3.8, 4) is 0 Å². The molecule has 0 spiro atoms. The fourth-order valence-corrected chi connectivity index (χ4v) is 7.69. The molecule has 0 aromatic carbocycles. The van der Waals surface area contributed by atoms with Gasteiger partial charge in [-0.2, -0.15) is 0 Å². The number of nitrogens with one attached hydrogen (secondary N) is 1. The highest BCUT2D eigenvalue weighted by Gasteiger charge is 2.57. The number of allylic oxidation sites excluding steroid dienone is 2. The van der Waals surface area contributed by atoms with Crippen molar-refractivity contribution >= 4 is 5.57 Å². The maximum Gasteiger partial charge on any atom is 0.0343 e. The number of hydrogen-bond acceptors (Lipinski definition) is 2. The van der Waals surface area contributed by atoms with Crippen LogP contribution in [0.3, 0.4) is 0 Å². The Morgan fingerprint density at radius 1 is 1.04 bits per heavy atom. The molecule has 0 amide bonds. The smallest absolute Gasteiger partial charge is 0.0343 e. The van der Waals surface area contributed by atoms with Gasteiger partial charge < -0.3 is 5.32 Å². The second kappa shape index (κ2) is 6.19. The van der Waals surface area contributed by atoms with E-state index in [-0.39, 0.29) is 0 Å². The monoisotopic (exact) mass is 350 g/mol. The lowest BCUT2D eigenvalue weighted by Crippen LogP contribution is -2.51. The minimum absolute atomic E-state index is 0.371. The predicted molar refractivity (Wildman–Crippen MR) is 108 cm³/mol. The highest BCUT2D eigenvalue weighted by Crippen LogP contribution is 2.66. The van der Waals surface area contributed by atoms with Gasteiger partial charge in [0.15, 0.2) is 0 Å². The number of nitrogens with zero attached hydrogens (tertiary/aromatic N) is 1. The zero-order chi connectivity index (χ0) is 17.8. The van der Waals surface area contributed by atoms with E-state index < -0.39 is 0 Å². The van der Waals surface area contributed by atoms with Crippen LogP contribution in [0.5, 0.6) is 0 Å². The Labute approximate surface area is 158 Å². The minimum Gasteiger partial charge on any atom is -0.317 e. The standard InChI is InChI=1S/C24H34N2/c1-23-12-15-25-14-10-18(23)5-6-19-21-8-7-20(17-4-3-13-26-16-17)24(21,2)11-9-22(19)23/h3-4,7,13,16,18-19,21-22,25H,5-6,8-12,14-15H2,1-2H3. The van der Waals surface area contributed by atoms with Gasteiger partial charge in [-0.1, -0.05) is 26.0 Å². The minimum atomic E-state index is 0.371. The maximum absolute atomic E-state index is 4.41. The van der Waals surface area contributed by atoms with Crippen LogP contribution < -0.4 is 5.32 Å². The van der Waals surface area contributed by atoms with Gasteiger partial charge in [-0.3, -0.25) is 4.98 Å². The molecule has 4 aliphatic rings. The highest BCUT2D eigenvalue weighted by atomic mass is 14.9. The van der Waals surface area contributed by atoms with Gasteiger partial charge in [0.2, 0.25) is 0 Å². The third kappa shape index (κ3) is 2.37. The lowest BCUT2D eigenvalue weighted by atomic mass is 9.46. The lowest BCUT2D eigenvalue weighted by Gasteiger charge is -2.58. The van der Waals surface area contributed by atoms with Crippen LogP contribution in [0.1, 0.15) is 64.4 Å². The van der Waals surface area contributed by atoms with Crippen molar-refractivity contribution in [3.63, 3.8) is 0 Å². The first-order valence-corrected chi connectivity index (χ1v) is 10.9. The number of rotatable bonds is 1. The first-order chi connectivity index (χ1) is 12.6. The molecule has 2 saturated carbocycles. The van der Waals surface area contributed by atoms with Crippen molar-refractivity contribution < 1.29 is 0 Å². The van der Waals surface area contributed by atoms with Gasteiger partial charge in [0, 0.05) is 12.4 Å². The van der Waals surface area contributed by atoms with E-state index in [1.165, 1.54) is 63.6 Å². The van der Waals surface area contributed by atoms with E-state index in [9.17, 15) is 0 Å². The van der Waals surface area contributed by atoms with Gasteiger partial charge in [0.1, 0.15) is 0 Å². The van der Waals surface area contributed by atoms with E-state index in [1.807, 2.05) is 6.20 Å². The molecule has 2 nitrogen and oxygen atoms in total. The zero-order valence-corrected chi connectivity index (χ0v) is 16.5. The predicted octanol–water partition coefficient (Wildman–Crippen LogP) is 5.32. The molecule has 6 atom stereocenters. The molecule has 5 rings (SSSR count). The number of pyridine rings is 1. The SMILES string of the molecule is CC12CCC3C(CCC4CCNCCC43C)C1CC=C2c1cccnc1. The fraction of sp³-hybridized carbons (Fsp3) is 0.708. The Bertz CT molecular complexity index is 695. The largest absolute Gasteiger partial charge is 0.317 e. The van der Waals surface area contributed by atoms with Crippen molar-refractivity contribution in [1.82, 2.24) is 10.3 Å². The number of aromatic nitrogens is 1. The summed E-state index contributed by atoms with van der Waals surface area (Å²) in [4.78, 5) is 4.41. The van der Waals surface area contributed by atoms with Gasteiger partial charge in [0.05, 0.1) is 0 Å². The van der Waals surface area contributed by atoms with Crippen LogP contribution in [0.2, 0.25) is 0 Å². The van der Waals surface area contributed by atoms with Crippen LogP contribution in [0, 0.1) is 34.5 Å². The maximum atomic E-state index is 4.41. The number of fused-ring (bicyclic) bond motifs is 5. The highest BCUT2D eigenvalue weighted by molar-refractivity contribution is 5.72. The van der Waals surface area contributed by atoms with Crippen molar-refractivity contribution in [2.45, 2.75) is 58.8 Å². The molecule has 6 unspecified atom stereocenters. The summed E-state index contributed by atoms with van der Waals surface area (Å²) in [5.41, 5.74) is 3.92. The molecule has 3 fully saturated rings. The normalized spacial score (nSPS) is 45.1. The number of hydrogen-bond donors (Lipinski definition) is 1. The zero-order valence-electron chi connectivity index (χ0n) is 16.5. The summed E-state index contributed by atoms with van der Waals surface area (Å²) < 4.78 is 0. The molecule has 0 radical (unpaired) electrons. The first kappa shape index (κ1) is 17.0. The van der Waals surface area contributed by atoms with Gasteiger partial charge in [0.25, 0.3) is 0 Å². The van der Waals surface area contributed by atoms with Crippen molar-refractivity contribution in [2.24, 2.45) is 34.5 Å². The molecule has 1 aromatic rings. The van der Waals surface area contributed by atoms with Crippen LogP contribution in [-0.2, 0) is 0 Å². The summed E-state index contributed by atoms with van der Waals surface area (Å²) in [6.45, 7) is 7.71. The quantitative estimate of drug-likeness (QED) is 0.742. The topological polar surface area (TPSA) is 24.9 Å². The summed E-state index contributed by atoms with van der Waals surface area (Å²) in [5, 5.41) is 3.69. The van der Waals surface area contributed by atoms with E-state index in [4.69, 9.17) is 0 Å². The van der Waals surface area contributed by atoms with Crippen molar-refractivity contribution in [1.29, 1.82) is 0 Å². The summed E-state index contributed by atoms with van der Waals surface area (Å²) in [5.74, 6) is 3.68. The molecule has 1 aliphatic heterocycles. The van der Waals surface area contributed by atoms with Crippen LogP contribution in [-0.4, -0.2) is 18.1 Å². The van der Waals surface area contributed by atoms with Crippen molar-refractivity contribution in [3.05, 3.63) is 36.2 Å². The summed E-state index contributed by atoms with van der Waals surface area (Å²) in [6, 6.07) is 4.37. The van der Waals surface area contributed by atoms with Gasteiger partial charge >= 0.3 is 0 Å². The molecular weight excluding hydrogens is 316 g/mol. The van der Waals surface area contributed by atoms with Crippen LogP contribution in [0.4, 0.5) is 0 Å². The average Bonchev–Trinajstić information content (AvgIpc) is 2.88. The molecule has 3 aliphatic carbocycles. The Hall–Kier alpha value is -1.15. The summed E-state index contributed by atoms with van der Waals surface area (Å²) >= 11 is 0. The fourth-order valence-electron chi connectivity index (χ4n) is 7.69. The molecule has 26 heavy (non-hydrogen) atoms. The van der Waals surface area contributed by atoms with E-state index in [0.29, 0.717) is 10.8 Å². The molecular formula is C24H34N2. The second-order valence-corrected chi connectivity index (χ2v) is 10.00. The van der Waals surface area contributed by atoms with E-state index >= 15 is 0 Å². The average molecular weight is 351 g/mol. The van der Waals surface area contributed by atoms with Crippen LogP contribution >= 0.6 is 0 Å². The van der Waals surface area contributed by atoms with Crippen molar-refractivity contribution in [2.75, 3.05) is 13.1 Å². The molecule has 1 N–H and O–H groups in total. The Morgan fingerprint density at radius 3 is 2.81 bits per heavy atom. The molecule has 1 saturated heterocycles. The van der Waals surface area contributed by atoms with Crippen LogP contribution in [0.25, 0.3) is 5.57 Å². The third-order valence-corrected chi connectivity index (χ3v) is 9.13. The van der Waals surface area contributed by atoms with Gasteiger partial charge in [-0.05, 0) is 110 Å². The molecule has 140 valence electrons. The summed E-state index contributed by atoms with van der Waals surface area (Å²) in [7, 11) is 0. The van der Waals surface area contributed by atoms with E-state index in [1.54, 1.807) is 5.57 Å². The Balaban J connectivity index is 1.45. The molecule has 2 heteroatoms. The summed E-state index contributed by atoms with van der Waals surface area (Å²) in [6.07, 6.45) is 16.4. The van der Waals surface area contributed by atoms with Gasteiger partial charge in [-0.25, -0.2) is 0 Å². The molecule has 1 aromatic heterocycles. The van der Waals surface area contributed by atoms with Crippen LogP contribution in [0.15, 0.2) is 30.6 Å². The Morgan fingerprint density at radius 2 is 1.96 bits per heavy atom.